The summed E-state index contributed by atoms with van der Waals surface area (Å²) in [5.41, 5.74) is 2.35. The lowest BCUT2D eigenvalue weighted by atomic mass is 10.00. The van der Waals surface area contributed by atoms with Crippen molar-refractivity contribution in [3.05, 3.63) is 35.4 Å². The molecule has 2 atom stereocenters. The van der Waals surface area contributed by atoms with E-state index >= 15 is 0 Å². The zero-order valence-corrected chi connectivity index (χ0v) is 7.83. The largest absolute Gasteiger partial charge is 0.387 e. The number of fused-ring (bicyclic) bond motifs is 1. The van der Waals surface area contributed by atoms with Gasteiger partial charge < -0.3 is 10.4 Å². The van der Waals surface area contributed by atoms with E-state index in [-0.39, 0.29) is 6.10 Å². The number of hydrogen-bond acceptors (Lipinski definition) is 2. The molecule has 0 amide bonds. The molecule has 0 saturated heterocycles. The Balaban J connectivity index is 2.38. The Hall–Kier alpha value is -0.860. The van der Waals surface area contributed by atoms with Gasteiger partial charge in [0, 0.05) is 12.6 Å². The van der Waals surface area contributed by atoms with Gasteiger partial charge >= 0.3 is 0 Å². The molecule has 1 aliphatic rings. The SMILES string of the molecule is CC1Cc2ccccc2C(O)CN1. The third kappa shape index (κ3) is 1.74. The average Bonchev–Trinajstić information content (AvgIpc) is 2.27. The number of aliphatic hydroxyl groups is 1. The van der Waals surface area contributed by atoms with E-state index < -0.39 is 0 Å². The van der Waals surface area contributed by atoms with Crippen LogP contribution >= 0.6 is 0 Å². The molecule has 2 nitrogen and oxygen atoms in total. The van der Waals surface area contributed by atoms with Gasteiger partial charge in [-0.3, -0.25) is 0 Å². The maximum atomic E-state index is 9.80. The summed E-state index contributed by atoms with van der Waals surface area (Å²) in [7, 11) is 0. The lowest BCUT2D eigenvalue weighted by molar-refractivity contribution is 0.175. The van der Waals surface area contributed by atoms with Crippen LogP contribution < -0.4 is 5.32 Å². The molecule has 1 aromatic rings. The van der Waals surface area contributed by atoms with E-state index in [1.54, 1.807) is 0 Å². The molecule has 0 bridgehead atoms. The highest BCUT2D eigenvalue weighted by molar-refractivity contribution is 5.31. The van der Waals surface area contributed by atoms with E-state index in [0.29, 0.717) is 12.6 Å². The molecular formula is C11H15NO. The zero-order chi connectivity index (χ0) is 9.26. The lowest BCUT2D eigenvalue weighted by Gasteiger charge is -2.10. The van der Waals surface area contributed by atoms with Gasteiger partial charge in [0.05, 0.1) is 6.10 Å². The third-order valence-corrected chi connectivity index (χ3v) is 2.60. The first-order chi connectivity index (χ1) is 6.27. The molecule has 1 heterocycles. The molecule has 0 aromatic heterocycles. The van der Waals surface area contributed by atoms with Crippen molar-refractivity contribution in [3.8, 4) is 0 Å². The standard InChI is InChI=1S/C11H15NO/c1-8-6-9-4-2-3-5-10(9)11(13)7-12-8/h2-5,8,11-13H,6-7H2,1H3. The second kappa shape index (κ2) is 3.48. The van der Waals surface area contributed by atoms with Crippen molar-refractivity contribution in [2.45, 2.75) is 25.5 Å². The Bertz CT molecular complexity index is 298. The summed E-state index contributed by atoms with van der Waals surface area (Å²) in [6.07, 6.45) is 0.661. The first-order valence-corrected chi connectivity index (χ1v) is 4.76. The van der Waals surface area contributed by atoms with Crippen LogP contribution in [0.15, 0.2) is 24.3 Å². The highest BCUT2D eigenvalue weighted by Crippen LogP contribution is 2.21. The fourth-order valence-corrected chi connectivity index (χ4v) is 1.87. The molecule has 2 heteroatoms. The van der Waals surface area contributed by atoms with Crippen LogP contribution in [0.3, 0.4) is 0 Å². The van der Waals surface area contributed by atoms with Crippen molar-refractivity contribution in [2.75, 3.05) is 6.54 Å². The van der Waals surface area contributed by atoms with E-state index in [4.69, 9.17) is 0 Å². The van der Waals surface area contributed by atoms with Crippen molar-refractivity contribution in [1.29, 1.82) is 0 Å². The molecule has 0 radical (unpaired) electrons. The van der Waals surface area contributed by atoms with E-state index in [1.807, 2.05) is 18.2 Å². The highest BCUT2D eigenvalue weighted by atomic mass is 16.3. The van der Waals surface area contributed by atoms with Crippen molar-refractivity contribution in [1.82, 2.24) is 5.32 Å². The van der Waals surface area contributed by atoms with Crippen LogP contribution in [0.2, 0.25) is 0 Å². The molecular weight excluding hydrogens is 162 g/mol. The number of β-amino-alcohol motifs (C(OH)–C–C–N with tert-alkyl or cyclic N) is 1. The maximum Gasteiger partial charge on any atom is 0.0917 e. The van der Waals surface area contributed by atoms with Gasteiger partial charge in [0.25, 0.3) is 0 Å². The van der Waals surface area contributed by atoms with Crippen molar-refractivity contribution >= 4 is 0 Å². The van der Waals surface area contributed by atoms with E-state index in [9.17, 15) is 5.11 Å². The highest BCUT2D eigenvalue weighted by Gasteiger charge is 2.18. The normalized spacial score (nSPS) is 27.8. The molecule has 0 fully saturated rings. The number of nitrogens with one attached hydrogen (secondary N) is 1. The van der Waals surface area contributed by atoms with Crippen LogP contribution in [-0.2, 0) is 6.42 Å². The van der Waals surface area contributed by atoms with Gasteiger partial charge in [0.2, 0.25) is 0 Å². The zero-order valence-electron chi connectivity index (χ0n) is 7.83. The van der Waals surface area contributed by atoms with Gasteiger partial charge in [-0.2, -0.15) is 0 Å². The second-order valence-electron chi connectivity index (χ2n) is 3.73. The molecule has 0 saturated carbocycles. The molecule has 1 aromatic carbocycles. The van der Waals surface area contributed by atoms with Gasteiger partial charge in [-0.05, 0) is 24.5 Å². The predicted molar refractivity (Wildman–Crippen MR) is 52.6 cm³/mol. The summed E-state index contributed by atoms with van der Waals surface area (Å²) in [5.74, 6) is 0. The van der Waals surface area contributed by atoms with Gasteiger partial charge in [-0.15, -0.1) is 0 Å². The molecule has 70 valence electrons. The van der Waals surface area contributed by atoms with E-state index in [1.165, 1.54) is 5.56 Å². The van der Waals surface area contributed by atoms with Crippen LogP contribution in [0.1, 0.15) is 24.2 Å². The molecule has 0 aliphatic carbocycles. The Labute approximate surface area is 78.6 Å². The van der Waals surface area contributed by atoms with Gasteiger partial charge in [-0.1, -0.05) is 24.3 Å². The fraction of sp³-hybridized carbons (Fsp3) is 0.455. The van der Waals surface area contributed by atoms with Crippen molar-refractivity contribution in [2.24, 2.45) is 0 Å². The minimum atomic E-state index is -0.346. The van der Waals surface area contributed by atoms with Gasteiger partial charge in [0.1, 0.15) is 0 Å². The molecule has 1 aliphatic heterocycles. The van der Waals surface area contributed by atoms with Crippen LogP contribution in [0.4, 0.5) is 0 Å². The molecule has 2 unspecified atom stereocenters. The summed E-state index contributed by atoms with van der Waals surface area (Å²) in [5, 5.41) is 13.1. The quantitative estimate of drug-likeness (QED) is 0.625. The molecule has 0 spiro atoms. The van der Waals surface area contributed by atoms with Crippen LogP contribution in [-0.4, -0.2) is 17.7 Å². The lowest BCUT2D eigenvalue weighted by Crippen LogP contribution is -2.28. The molecule has 2 rings (SSSR count). The Morgan fingerprint density at radius 1 is 1.38 bits per heavy atom. The first-order valence-electron chi connectivity index (χ1n) is 4.76. The number of benzene rings is 1. The minimum absolute atomic E-state index is 0.346. The smallest absolute Gasteiger partial charge is 0.0917 e. The summed E-state index contributed by atoms with van der Waals surface area (Å²) in [4.78, 5) is 0. The summed E-state index contributed by atoms with van der Waals surface area (Å²) in [6.45, 7) is 2.81. The van der Waals surface area contributed by atoms with Crippen molar-refractivity contribution < 1.29 is 5.11 Å². The molecule has 13 heavy (non-hydrogen) atoms. The number of aliphatic hydroxyl groups excluding tert-OH is 1. The van der Waals surface area contributed by atoms with E-state index in [2.05, 4.69) is 18.3 Å². The second-order valence-corrected chi connectivity index (χ2v) is 3.73. The summed E-state index contributed by atoms with van der Waals surface area (Å²) in [6, 6.07) is 8.59. The third-order valence-electron chi connectivity index (χ3n) is 2.60. The topological polar surface area (TPSA) is 32.3 Å². The van der Waals surface area contributed by atoms with Crippen LogP contribution in [0.25, 0.3) is 0 Å². The minimum Gasteiger partial charge on any atom is -0.387 e. The summed E-state index contributed by atoms with van der Waals surface area (Å²) >= 11 is 0. The maximum absolute atomic E-state index is 9.80. The van der Waals surface area contributed by atoms with Crippen molar-refractivity contribution in [3.63, 3.8) is 0 Å². The van der Waals surface area contributed by atoms with Crippen LogP contribution in [0, 0.1) is 0 Å². The Kier molecular flexibility index (Phi) is 2.34. The molecule has 2 N–H and O–H groups in total. The van der Waals surface area contributed by atoms with Gasteiger partial charge in [-0.25, -0.2) is 0 Å². The Morgan fingerprint density at radius 2 is 2.15 bits per heavy atom. The fourth-order valence-electron chi connectivity index (χ4n) is 1.87. The monoisotopic (exact) mass is 177 g/mol. The average molecular weight is 177 g/mol. The number of rotatable bonds is 0. The summed E-state index contributed by atoms with van der Waals surface area (Å²) < 4.78 is 0. The Morgan fingerprint density at radius 3 is 3.00 bits per heavy atom. The van der Waals surface area contributed by atoms with Gasteiger partial charge in [0.15, 0.2) is 0 Å². The first kappa shape index (κ1) is 8.73. The predicted octanol–water partition coefficient (Wildman–Crippen LogP) is 1.25. The number of hydrogen-bond donors (Lipinski definition) is 2. The van der Waals surface area contributed by atoms with Crippen LogP contribution in [0.5, 0.6) is 0 Å². The van der Waals surface area contributed by atoms with E-state index in [0.717, 1.165) is 12.0 Å².